The highest BCUT2D eigenvalue weighted by atomic mass is 16.2. The molecule has 0 saturated carbocycles. The first-order chi connectivity index (χ1) is 6.79. The number of amides is 1. The SMILES string of the molecule is CNC(=O)C1CNCCN1CCC#N. The van der Waals surface area contributed by atoms with Gasteiger partial charge in [-0.3, -0.25) is 9.69 Å². The van der Waals surface area contributed by atoms with Crippen LogP contribution in [0.5, 0.6) is 0 Å². The van der Waals surface area contributed by atoms with Gasteiger partial charge in [0.25, 0.3) is 0 Å². The Bertz CT molecular complexity index is 235. The average molecular weight is 196 g/mol. The van der Waals surface area contributed by atoms with Gasteiger partial charge in [0.2, 0.25) is 5.91 Å². The number of nitrogens with zero attached hydrogens (tertiary/aromatic N) is 2. The summed E-state index contributed by atoms with van der Waals surface area (Å²) in [7, 11) is 1.64. The highest BCUT2D eigenvalue weighted by Crippen LogP contribution is 2.03. The van der Waals surface area contributed by atoms with Gasteiger partial charge in [0.05, 0.1) is 6.07 Å². The average Bonchev–Trinajstić information content (AvgIpc) is 2.25. The van der Waals surface area contributed by atoms with E-state index in [1.165, 1.54) is 0 Å². The molecule has 0 aromatic heterocycles. The lowest BCUT2D eigenvalue weighted by Crippen LogP contribution is -2.57. The first-order valence-corrected chi connectivity index (χ1v) is 4.83. The number of hydrogen-bond donors (Lipinski definition) is 2. The van der Waals surface area contributed by atoms with Crippen molar-refractivity contribution in [3.05, 3.63) is 0 Å². The Balaban J connectivity index is 2.50. The molecule has 1 unspecified atom stereocenters. The second kappa shape index (κ2) is 5.58. The van der Waals surface area contributed by atoms with Gasteiger partial charge in [-0.25, -0.2) is 0 Å². The van der Waals surface area contributed by atoms with Crippen LogP contribution in [0, 0.1) is 11.3 Å². The van der Waals surface area contributed by atoms with E-state index >= 15 is 0 Å². The predicted octanol–water partition coefficient (Wildman–Crippen LogP) is -1.08. The molecule has 0 aromatic carbocycles. The van der Waals surface area contributed by atoms with E-state index in [4.69, 9.17) is 5.26 Å². The van der Waals surface area contributed by atoms with Gasteiger partial charge in [0.1, 0.15) is 6.04 Å². The topological polar surface area (TPSA) is 68.2 Å². The number of nitrogens with one attached hydrogen (secondary N) is 2. The van der Waals surface area contributed by atoms with Crippen LogP contribution in [0.4, 0.5) is 0 Å². The van der Waals surface area contributed by atoms with E-state index in [-0.39, 0.29) is 11.9 Å². The third-order valence-corrected chi connectivity index (χ3v) is 2.41. The second-order valence-corrected chi connectivity index (χ2v) is 3.28. The Morgan fingerprint density at radius 3 is 3.21 bits per heavy atom. The molecule has 0 radical (unpaired) electrons. The van der Waals surface area contributed by atoms with Crippen LogP contribution in [0.3, 0.4) is 0 Å². The highest BCUT2D eigenvalue weighted by Gasteiger charge is 2.26. The molecule has 14 heavy (non-hydrogen) atoms. The summed E-state index contributed by atoms with van der Waals surface area (Å²) in [6.45, 7) is 3.07. The van der Waals surface area contributed by atoms with Crippen molar-refractivity contribution in [1.29, 1.82) is 5.26 Å². The van der Waals surface area contributed by atoms with E-state index in [2.05, 4.69) is 21.6 Å². The van der Waals surface area contributed by atoms with Crippen molar-refractivity contribution >= 4 is 5.91 Å². The van der Waals surface area contributed by atoms with Crippen LogP contribution in [0.15, 0.2) is 0 Å². The van der Waals surface area contributed by atoms with Gasteiger partial charge in [-0.2, -0.15) is 5.26 Å². The van der Waals surface area contributed by atoms with Crippen LogP contribution >= 0.6 is 0 Å². The second-order valence-electron chi connectivity index (χ2n) is 3.28. The molecule has 5 nitrogen and oxygen atoms in total. The minimum atomic E-state index is -0.123. The maximum atomic E-state index is 11.5. The molecular formula is C9H16N4O. The Labute approximate surface area is 84.1 Å². The molecule has 1 rings (SSSR count). The number of rotatable bonds is 3. The fraction of sp³-hybridized carbons (Fsp3) is 0.778. The fourth-order valence-electron chi connectivity index (χ4n) is 1.63. The first-order valence-electron chi connectivity index (χ1n) is 4.83. The minimum Gasteiger partial charge on any atom is -0.358 e. The van der Waals surface area contributed by atoms with Crippen LogP contribution in [-0.2, 0) is 4.79 Å². The molecule has 5 heteroatoms. The molecule has 1 heterocycles. The van der Waals surface area contributed by atoms with Crippen LogP contribution in [0.2, 0.25) is 0 Å². The smallest absolute Gasteiger partial charge is 0.238 e. The van der Waals surface area contributed by atoms with Crippen LogP contribution in [0.1, 0.15) is 6.42 Å². The van der Waals surface area contributed by atoms with E-state index < -0.39 is 0 Å². The zero-order chi connectivity index (χ0) is 10.4. The zero-order valence-electron chi connectivity index (χ0n) is 8.42. The molecule has 1 aliphatic heterocycles. The Morgan fingerprint density at radius 2 is 2.57 bits per heavy atom. The van der Waals surface area contributed by atoms with Gasteiger partial charge in [-0.15, -0.1) is 0 Å². The summed E-state index contributed by atoms with van der Waals surface area (Å²) < 4.78 is 0. The van der Waals surface area contributed by atoms with Gasteiger partial charge in [0, 0.05) is 39.6 Å². The molecular weight excluding hydrogens is 180 g/mol. The number of carbonyl (C=O) groups excluding carboxylic acids is 1. The van der Waals surface area contributed by atoms with Crippen LogP contribution < -0.4 is 10.6 Å². The normalized spacial score (nSPS) is 22.7. The van der Waals surface area contributed by atoms with Gasteiger partial charge in [-0.1, -0.05) is 0 Å². The number of carbonyl (C=O) groups is 1. The van der Waals surface area contributed by atoms with Crippen molar-refractivity contribution in [1.82, 2.24) is 15.5 Å². The number of hydrogen-bond acceptors (Lipinski definition) is 4. The van der Waals surface area contributed by atoms with Crippen molar-refractivity contribution in [3.8, 4) is 6.07 Å². The third-order valence-electron chi connectivity index (χ3n) is 2.41. The third kappa shape index (κ3) is 2.69. The predicted molar refractivity (Wildman–Crippen MR) is 52.5 cm³/mol. The molecule has 0 aliphatic carbocycles. The summed E-state index contributed by atoms with van der Waals surface area (Å²) in [5.74, 6) is 0.0233. The number of nitriles is 1. The number of piperazine rings is 1. The molecule has 78 valence electrons. The molecule has 2 N–H and O–H groups in total. The lowest BCUT2D eigenvalue weighted by molar-refractivity contribution is -0.126. The molecule has 1 atom stereocenters. The summed E-state index contributed by atoms with van der Waals surface area (Å²) in [5.41, 5.74) is 0. The molecule has 1 saturated heterocycles. The van der Waals surface area contributed by atoms with E-state index in [9.17, 15) is 4.79 Å². The highest BCUT2D eigenvalue weighted by molar-refractivity contribution is 5.81. The van der Waals surface area contributed by atoms with E-state index in [1.807, 2.05) is 0 Å². The standard InChI is InChI=1S/C9H16N4O/c1-11-9(14)8-7-12-4-6-13(8)5-2-3-10/h8,12H,2,4-7H2,1H3,(H,11,14). The van der Waals surface area contributed by atoms with Gasteiger partial charge >= 0.3 is 0 Å². The van der Waals surface area contributed by atoms with Crippen LogP contribution in [-0.4, -0.2) is 50.1 Å². The lowest BCUT2D eigenvalue weighted by Gasteiger charge is -2.34. The summed E-state index contributed by atoms with van der Waals surface area (Å²) in [6.07, 6.45) is 0.480. The summed E-state index contributed by atoms with van der Waals surface area (Å²) >= 11 is 0. The zero-order valence-corrected chi connectivity index (χ0v) is 8.42. The molecule has 0 spiro atoms. The summed E-state index contributed by atoms with van der Waals surface area (Å²) in [4.78, 5) is 13.5. The van der Waals surface area contributed by atoms with Crippen molar-refractivity contribution in [2.75, 3.05) is 33.2 Å². The maximum absolute atomic E-state index is 11.5. The summed E-state index contributed by atoms with van der Waals surface area (Å²) in [5, 5.41) is 14.3. The largest absolute Gasteiger partial charge is 0.358 e. The van der Waals surface area contributed by atoms with Crippen molar-refractivity contribution in [2.45, 2.75) is 12.5 Å². The monoisotopic (exact) mass is 196 g/mol. The van der Waals surface area contributed by atoms with Crippen molar-refractivity contribution in [2.24, 2.45) is 0 Å². The van der Waals surface area contributed by atoms with Crippen molar-refractivity contribution in [3.63, 3.8) is 0 Å². The van der Waals surface area contributed by atoms with E-state index in [1.54, 1.807) is 7.05 Å². The lowest BCUT2D eigenvalue weighted by atomic mass is 10.1. The first kappa shape index (κ1) is 11.0. The Kier molecular flexibility index (Phi) is 4.36. The molecule has 0 aromatic rings. The van der Waals surface area contributed by atoms with E-state index in [0.29, 0.717) is 19.5 Å². The van der Waals surface area contributed by atoms with Gasteiger partial charge < -0.3 is 10.6 Å². The Morgan fingerprint density at radius 1 is 1.79 bits per heavy atom. The van der Waals surface area contributed by atoms with Gasteiger partial charge in [-0.05, 0) is 0 Å². The molecule has 1 aliphatic rings. The van der Waals surface area contributed by atoms with Crippen molar-refractivity contribution < 1.29 is 4.79 Å². The molecule has 1 fully saturated rings. The summed E-state index contributed by atoms with van der Waals surface area (Å²) in [6, 6.07) is 1.98. The molecule has 0 bridgehead atoms. The quantitative estimate of drug-likeness (QED) is 0.602. The van der Waals surface area contributed by atoms with Crippen LogP contribution in [0.25, 0.3) is 0 Å². The van der Waals surface area contributed by atoms with E-state index in [0.717, 1.165) is 13.1 Å². The number of likely N-dealkylation sites (N-methyl/N-ethyl adjacent to an activating group) is 1. The minimum absolute atomic E-state index is 0.0233. The Hall–Kier alpha value is -1.12. The molecule has 1 amide bonds. The van der Waals surface area contributed by atoms with Gasteiger partial charge in [0.15, 0.2) is 0 Å². The fourth-order valence-corrected chi connectivity index (χ4v) is 1.63. The maximum Gasteiger partial charge on any atom is 0.238 e.